The van der Waals surface area contributed by atoms with E-state index in [0.29, 0.717) is 23.9 Å². The van der Waals surface area contributed by atoms with Crippen molar-refractivity contribution < 1.29 is 8.78 Å². The number of nitrogens with zero attached hydrogens (tertiary/aromatic N) is 1. The van der Waals surface area contributed by atoms with Crippen LogP contribution >= 0.6 is 11.6 Å². The molecule has 1 nitrogen and oxygen atoms in total. The van der Waals surface area contributed by atoms with E-state index in [2.05, 4.69) is 4.90 Å². The molecule has 1 aromatic rings. The predicted molar refractivity (Wildman–Crippen MR) is 60.5 cm³/mol. The first-order valence-electron chi connectivity index (χ1n) is 5.42. The van der Waals surface area contributed by atoms with Crippen molar-refractivity contribution in [3.05, 3.63) is 35.4 Å². The van der Waals surface area contributed by atoms with Crippen LogP contribution in [0, 0.1) is 17.6 Å². The third-order valence-electron chi connectivity index (χ3n) is 3.01. The standard InChI is InChI=1S/C12H14ClF2N/c13-6-9-4-5-16(7-9)8-10-2-1-3-11(14)12(10)15/h1-3,9H,4-8H2. The first kappa shape index (κ1) is 11.8. The molecule has 1 heterocycles. The van der Waals surface area contributed by atoms with E-state index >= 15 is 0 Å². The van der Waals surface area contributed by atoms with Crippen LogP contribution in [0.2, 0.25) is 0 Å². The first-order valence-corrected chi connectivity index (χ1v) is 5.95. The zero-order valence-electron chi connectivity index (χ0n) is 8.93. The maximum atomic E-state index is 13.4. The monoisotopic (exact) mass is 245 g/mol. The van der Waals surface area contributed by atoms with Gasteiger partial charge in [-0.15, -0.1) is 11.6 Å². The lowest BCUT2D eigenvalue weighted by molar-refractivity contribution is 0.313. The van der Waals surface area contributed by atoms with Crippen LogP contribution < -0.4 is 0 Å². The number of halogens is 3. The Labute approximate surface area is 99.0 Å². The molecule has 0 aromatic heterocycles. The van der Waals surface area contributed by atoms with E-state index in [1.54, 1.807) is 12.1 Å². The molecular weight excluding hydrogens is 232 g/mol. The molecule has 1 atom stereocenters. The van der Waals surface area contributed by atoms with E-state index in [4.69, 9.17) is 11.6 Å². The minimum absolute atomic E-state index is 0.426. The second-order valence-electron chi connectivity index (χ2n) is 4.26. The Hall–Kier alpha value is -0.670. The smallest absolute Gasteiger partial charge is 0.163 e. The normalized spacial score (nSPS) is 21.6. The fourth-order valence-electron chi connectivity index (χ4n) is 2.09. The van der Waals surface area contributed by atoms with Crippen LogP contribution in [0.4, 0.5) is 8.78 Å². The molecule has 0 amide bonds. The number of hydrogen-bond acceptors (Lipinski definition) is 1. The van der Waals surface area contributed by atoms with Crippen molar-refractivity contribution in [2.75, 3.05) is 19.0 Å². The van der Waals surface area contributed by atoms with Crippen LogP contribution in [-0.4, -0.2) is 23.9 Å². The second kappa shape index (κ2) is 5.11. The van der Waals surface area contributed by atoms with Crippen LogP contribution in [0.15, 0.2) is 18.2 Å². The molecular formula is C12H14ClF2N. The predicted octanol–water partition coefficient (Wildman–Crippen LogP) is 3.03. The molecule has 1 aliphatic heterocycles. The van der Waals surface area contributed by atoms with Crippen molar-refractivity contribution in [1.29, 1.82) is 0 Å². The van der Waals surface area contributed by atoms with Crippen LogP contribution in [-0.2, 0) is 6.54 Å². The lowest BCUT2D eigenvalue weighted by Crippen LogP contribution is -2.21. The van der Waals surface area contributed by atoms with Crippen LogP contribution in [0.5, 0.6) is 0 Å². The lowest BCUT2D eigenvalue weighted by atomic mass is 10.1. The highest BCUT2D eigenvalue weighted by atomic mass is 35.5. The molecule has 0 saturated carbocycles. The summed E-state index contributed by atoms with van der Waals surface area (Å²) in [6.07, 6.45) is 1.04. The van der Waals surface area contributed by atoms with Gasteiger partial charge in [0.25, 0.3) is 0 Å². The van der Waals surface area contributed by atoms with Gasteiger partial charge in [-0.25, -0.2) is 8.78 Å². The van der Waals surface area contributed by atoms with Gasteiger partial charge in [-0.3, -0.25) is 4.90 Å². The van der Waals surface area contributed by atoms with Crippen LogP contribution in [0.25, 0.3) is 0 Å². The summed E-state index contributed by atoms with van der Waals surface area (Å²) in [6, 6.07) is 4.32. The van der Waals surface area contributed by atoms with E-state index in [0.717, 1.165) is 25.6 Å². The molecule has 0 aliphatic carbocycles. The average Bonchev–Trinajstić information content (AvgIpc) is 2.73. The van der Waals surface area contributed by atoms with E-state index in [9.17, 15) is 8.78 Å². The molecule has 2 rings (SSSR count). The summed E-state index contributed by atoms with van der Waals surface area (Å²) in [5.74, 6) is -0.372. The van der Waals surface area contributed by atoms with Crippen molar-refractivity contribution in [2.45, 2.75) is 13.0 Å². The zero-order chi connectivity index (χ0) is 11.5. The van der Waals surface area contributed by atoms with Gasteiger partial charge in [-0.05, 0) is 24.9 Å². The highest BCUT2D eigenvalue weighted by Gasteiger charge is 2.22. The SMILES string of the molecule is Fc1cccc(CN2CCC(CCl)C2)c1F. The second-order valence-corrected chi connectivity index (χ2v) is 4.57. The maximum absolute atomic E-state index is 13.4. The van der Waals surface area contributed by atoms with Gasteiger partial charge in [0.15, 0.2) is 11.6 Å². The topological polar surface area (TPSA) is 3.24 Å². The van der Waals surface area contributed by atoms with Crippen LogP contribution in [0.3, 0.4) is 0 Å². The third kappa shape index (κ3) is 2.53. The Morgan fingerprint density at radius 1 is 1.38 bits per heavy atom. The fourth-order valence-corrected chi connectivity index (χ4v) is 2.35. The van der Waals surface area contributed by atoms with E-state index < -0.39 is 11.6 Å². The minimum atomic E-state index is -0.773. The Morgan fingerprint density at radius 3 is 2.88 bits per heavy atom. The molecule has 0 radical (unpaired) electrons. The number of alkyl halides is 1. The minimum Gasteiger partial charge on any atom is -0.299 e. The Bertz CT molecular complexity index is 370. The molecule has 0 spiro atoms. The summed E-state index contributed by atoms with van der Waals surface area (Å²) in [6.45, 7) is 2.25. The van der Waals surface area contributed by atoms with Crippen molar-refractivity contribution in [2.24, 2.45) is 5.92 Å². The van der Waals surface area contributed by atoms with Crippen molar-refractivity contribution in [3.8, 4) is 0 Å². The van der Waals surface area contributed by atoms with E-state index in [1.165, 1.54) is 0 Å². The summed E-state index contributed by atoms with van der Waals surface area (Å²) >= 11 is 5.77. The van der Waals surface area contributed by atoms with Crippen molar-refractivity contribution >= 4 is 11.6 Å². The summed E-state index contributed by atoms with van der Waals surface area (Å²) in [4.78, 5) is 2.12. The van der Waals surface area contributed by atoms with Crippen LogP contribution in [0.1, 0.15) is 12.0 Å². The molecule has 1 fully saturated rings. The van der Waals surface area contributed by atoms with Gasteiger partial charge in [0.1, 0.15) is 0 Å². The number of rotatable bonds is 3. The van der Waals surface area contributed by atoms with Crippen molar-refractivity contribution in [3.63, 3.8) is 0 Å². The van der Waals surface area contributed by atoms with Gasteiger partial charge in [-0.1, -0.05) is 12.1 Å². The molecule has 1 aliphatic rings. The summed E-state index contributed by atoms with van der Waals surface area (Å²) in [7, 11) is 0. The molecule has 1 aromatic carbocycles. The molecule has 1 unspecified atom stereocenters. The highest BCUT2D eigenvalue weighted by molar-refractivity contribution is 6.18. The zero-order valence-corrected chi connectivity index (χ0v) is 9.68. The number of benzene rings is 1. The number of likely N-dealkylation sites (tertiary alicyclic amines) is 1. The van der Waals surface area contributed by atoms with E-state index in [1.807, 2.05) is 0 Å². The van der Waals surface area contributed by atoms with E-state index in [-0.39, 0.29) is 0 Å². The van der Waals surface area contributed by atoms with Gasteiger partial charge >= 0.3 is 0 Å². The first-order chi connectivity index (χ1) is 7.70. The fraction of sp³-hybridized carbons (Fsp3) is 0.500. The van der Waals surface area contributed by atoms with Crippen molar-refractivity contribution in [1.82, 2.24) is 4.90 Å². The highest BCUT2D eigenvalue weighted by Crippen LogP contribution is 2.21. The largest absolute Gasteiger partial charge is 0.299 e. The summed E-state index contributed by atoms with van der Waals surface area (Å²) in [5, 5.41) is 0. The van der Waals surface area contributed by atoms with Gasteiger partial charge in [0, 0.05) is 24.5 Å². The molecule has 16 heavy (non-hydrogen) atoms. The average molecular weight is 246 g/mol. The van der Waals surface area contributed by atoms with Gasteiger partial charge in [0.05, 0.1) is 0 Å². The Kier molecular flexibility index (Phi) is 3.77. The lowest BCUT2D eigenvalue weighted by Gasteiger charge is -2.16. The van der Waals surface area contributed by atoms with Gasteiger partial charge in [0.2, 0.25) is 0 Å². The molecule has 88 valence electrons. The quantitative estimate of drug-likeness (QED) is 0.740. The Morgan fingerprint density at radius 2 is 2.19 bits per heavy atom. The molecule has 1 saturated heterocycles. The Balaban J connectivity index is 2.02. The molecule has 0 N–H and O–H groups in total. The van der Waals surface area contributed by atoms with Gasteiger partial charge in [-0.2, -0.15) is 0 Å². The molecule has 0 bridgehead atoms. The van der Waals surface area contributed by atoms with Gasteiger partial charge < -0.3 is 0 Å². The third-order valence-corrected chi connectivity index (χ3v) is 3.45. The number of hydrogen-bond donors (Lipinski definition) is 0. The summed E-state index contributed by atoms with van der Waals surface area (Å²) in [5.41, 5.74) is 0.426. The maximum Gasteiger partial charge on any atom is 0.163 e. The summed E-state index contributed by atoms with van der Waals surface area (Å²) < 4.78 is 26.4. The molecule has 4 heteroatoms.